The first-order chi connectivity index (χ1) is 19.9. The van der Waals surface area contributed by atoms with Gasteiger partial charge in [-0.05, 0) is 48.2 Å². The topological polar surface area (TPSA) is 114 Å². The van der Waals surface area contributed by atoms with Gasteiger partial charge >= 0.3 is 0 Å². The highest BCUT2D eigenvalue weighted by Gasteiger charge is 2.19. The molecule has 7 nitrogen and oxygen atoms in total. The van der Waals surface area contributed by atoms with Crippen molar-refractivity contribution in [1.29, 1.82) is 5.41 Å². The van der Waals surface area contributed by atoms with Crippen LogP contribution in [0.5, 0.6) is 0 Å². The number of benzene rings is 4. The lowest BCUT2D eigenvalue weighted by Crippen LogP contribution is -2.34. The first-order valence-electron chi connectivity index (χ1n) is 13.9. The molecule has 5 N–H and O–H groups in total. The molecule has 0 spiro atoms. The van der Waals surface area contributed by atoms with Crippen molar-refractivity contribution in [2.45, 2.75) is 32.9 Å². The molecule has 1 aromatic heterocycles. The van der Waals surface area contributed by atoms with Gasteiger partial charge in [0.1, 0.15) is 11.7 Å². The predicted octanol–water partition coefficient (Wildman–Crippen LogP) is 5.06. The Balaban J connectivity index is 1.45. The highest BCUT2D eigenvalue weighted by molar-refractivity contribution is 5.97. The van der Waals surface area contributed by atoms with Gasteiger partial charge in [0, 0.05) is 43.7 Å². The van der Waals surface area contributed by atoms with Crippen LogP contribution in [0.1, 0.15) is 44.0 Å². The summed E-state index contributed by atoms with van der Waals surface area (Å²) in [6.07, 6.45) is 1.53. The largest absolute Gasteiger partial charge is 0.384 e. The van der Waals surface area contributed by atoms with Gasteiger partial charge in [-0.25, -0.2) is 4.98 Å². The van der Waals surface area contributed by atoms with Crippen LogP contribution >= 0.6 is 0 Å². The van der Waals surface area contributed by atoms with Crippen molar-refractivity contribution >= 4 is 22.8 Å². The molecule has 0 fully saturated rings. The van der Waals surface area contributed by atoms with E-state index in [-0.39, 0.29) is 11.7 Å². The number of nitrogens with zero attached hydrogens (tertiary/aromatic N) is 3. The van der Waals surface area contributed by atoms with Crippen LogP contribution in [0, 0.1) is 12.3 Å². The van der Waals surface area contributed by atoms with Crippen LogP contribution in [0.3, 0.4) is 0 Å². The SMILES string of the molecule is Cc1ccc(Cn2c(CCc3ccc(C(=N)N)cc3)nc3cc(C(=O)N(CCN)Cc4ccccc4)ccc32)cc1. The van der Waals surface area contributed by atoms with E-state index in [0.29, 0.717) is 37.3 Å². The summed E-state index contributed by atoms with van der Waals surface area (Å²) in [4.78, 5) is 20.4. The number of nitrogens with one attached hydrogen (secondary N) is 1. The van der Waals surface area contributed by atoms with Crippen LogP contribution in [-0.4, -0.2) is 39.3 Å². The maximum Gasteiger partial charge on any atom is 0.254 e. The summed E-state index contributed by atoms with van der Waals surface area (Å²) in [5, 5.41) is 7.64. The van der Waals surface area contributed by atoms with E-state index in [1.165, 1.54) is 11.1 Å². The number of nitrogens with two attached hydrogens (primary N) is 2. The summed E-state index contributed by atoms with van der Waals surface area (Å²) in [5.74, 6) is 0.973. The van der Waals surface area contributed by atoms with E-state index in [0.717, 1.165) is 40.8 Å². The van der Waals surface area contributed by atoms with Crippen molar-refractivity contribution in [2.75, 3.05) is 13.1 Å². The second kappa shape index (κ2) is 12.6. The van der Waals surface area contributed by atoms with Crippen LogP contribution < -0.4 is 11.5 Å². The summed E-state index contributed by atoms with van der Waals surface area (Å²) in [5.41, 5.74) is 19.2. The number of amidine groups is 1. The lowest BCUT2D eigenvalue weighted by molar-refractivity contribution is 0.0748. The molecule has 0 radical (unpaired) electrons. The Hall–Kier alpha value is -4.75. The van der Waals surface area contributed by atoms with Crippen LogP contribution in [0.4, 0.5) is 0 Å². The van der Waals surface area contributed by atoms with Crippen LogP contribution in [-0.2, 0) is 25.9 Å². The average molecular weight is 545 g/mol. The molecule has 1 amide bonds. The minimum atomic E-state index is -0.0543. The Kier molecular flexibility index (Phi) is 8.56. The van der Waals surface area contributed by atoms with Crippen molar-refractivity contribution in [3.8, 4) is 0 Å². The first-order valence-corrected chi connectivity index (χ1v) is 13.9. The quantitative estimate of drug-likeness (QED) is 0.159. The molecule has 0 aliphatic rings. The Morgan fingerprint density at radius 3 is 2.22 bits per heavy atom. The molecule has 0 unspecified atom stereocenters. The average Bonchev–Trinajstić information content (AvgIpc) is 3.33. The van der Waals surface area contributed by atoms with Crippen molar-refractivity contribution in [3.05, 3.63) is 136 Å². The van der Waals surface area contributed by atoms with E-state index in [4.69, 9.17) is 21.9 Å². The fraction of sp³-hybridized carbons (Fsp3) is 0.206. The van der Waals surface area contributed by atoms with E-state index in [1.807, 2.05) is 72.8 Å². The zero-order valence-corrected chi connectivity index (χ0v) is 23.4. The molecule has 0 saturated heterocycles. The Morgan fingerprint density at radius 1 is 0.854 bits per heavy atom. The number of carbonyl (C=O) groups excluding carboxylic acids is 1. The van der Waals surface area contributed by atoms with Gasteiger partial charge in [-0.1, -0.05) is 84.4 Å². The highest BCUT2D eigenvalue weighted by Crippen LogP contribution is 2.23. The fourth-order valence-electron chi connectivity index (χ4n) is 5.06. The molecular formula is C34H36N6O. The number of rotatable bonds is 11. The van der Waals surface area contributed by atoms with E-state index >= 15 is 0 Å². The number of nitrogen functional groups attached to an aromatic ring is 1. The normalized spacial score (nSPS) is 11.1. The van der Waals surface area contributed by atoms with E-state index < -0.39 is 0 Å². The molecule has 1 heterocycles. The van der Waals surface area contributed by atoms with E-state index in [1.54, 1.807) is 4.90 Å². The molecule has 41 heavy (non-hydrogen) atoms. The third-order valence-electron chi connectivity index (χ3n) is 7.34. The Labute approximate surface area is 240 Å². The summed E-state index contributed by atoms with van der Waals surface area (Å²) in [7, 11) is 0. The van der Waals surface area contributed by atoms with Crippen LogP contribution in [0.25, 0.3) is 11.0 Å². The molecule has 208 valence electrons. The van der Waals surface area contributed by atoms with E-state index in [2.05, 4.69) is 35.8 Å². The van der Waals surface area contributed by atoms with Gasteiger partial charge in [0.2, 0.25) is 0 Å². The van der Waals surface area contributed by atoms with Crippen molar-refractivity contribution in [1.82, 2.24) is 14.5 Å². The lowest BCUT2D eigenvalue weighted by Gasteiger charge is -2.22. The molecule has 0 aliphatic heterocycles. The molecule has 7 heteroatoms. The fourth-order valence-corrected chi connectivity index (χ4v) is 5.06. The third-order valence-corrected chi connectivity index (χ3v) is 7.34. The summed E-state index contributed by atoms with van der Waals surface area (Å²) < 4.78 is 2.25. The maximum absolute atomic E-state index is 13.6. The zero-order valence-electron chi connectivity index (χ0n) is 23.4. The van der Waals surface area contributed by atoms with Gasteiger partial charge in [0.05, 0.1) is 11.0 Å². The van der Waals surface area contributed by atoms with Crippen LogP contribution in [0.15, 0.2) is 97.1 Å². The monoisotopic (exact) mass is 544 g/mol. The van der Waals surface area contributed by atoms with Gasteiger partial charge in [0.25, 0.3) is 5.91 Å². The lowest BCUT2D eigenvalue weighted by atomic mass is 10.1. The summed E-state index contributed by atoms with van der Waals surface area (Å²) >= 11 is 0. The van der Waals surface area contributed by atoms with Gasteiger partial charge in [-0.2, -0.15) is 0 Å². The first kappa shape index (κ1) is 27.8. The molecule has 5 rings (SSSR count). The van der Waals surface area contributed by atoms with Crippen molar-refractivity contribution in [2.24, 2.45) is 11.5 Å². The third kappa shape index (κ3) is 6.70. The summed E-state index contributed by atoms with van der Waals surface area (Å²) in [6, 6.07) is 32.1. The maximum atomic E-state index is 13.6. The molecule has 0 saturated carbocycles. The van der Waals surface area contributed by atoms with Crippen molar-refractivity contribution < 1.29 is 4.79 Å². The number of amides is 1. The number of fused-ring (bicyclic) bond motifs is 1. The number of imidazole rings is 1. The van der Waals surface area contributed by atoms with Gasteiger partial charge < -0.3 is 20.9 Å². The molecular weight excluding hydrogens is 508 g/mol. The zero-order chi connectivity index (χ0) is 28.8. The van der Waals surface area contributed by atoms with Crippen molar-refractivity contribution in [3.63, 3.8) is 0 Å². The number of aryl methyl sites for hydroxylation is 3. The molecule has 0 atom stereocenters. The second-order valence-electron chi connectivity index (χ2n) is 10.4. The smallest absolute Gasteiger partial charge is 0.254 e. The number of carbonyl (C=O) groups is 1. The number of aromatic nitrogens is 2. The van der Waals surface area contributed by atoms with E-state index in [9.17, 15) is 4.79 Å². The van der Waals surface area contributed by atoms with Gasteiger partial charge in [0.15, 0.2) is 0 Å². The molecule has 5 aromatic rings. The predicted molar refractivity (Wildman–Crippen MR) is 165 cm³/mol. The Morgan fingerprint density at radius 2 is 1.54 bits per heavy atom. The highest BCUT2D eigenvalue weighted by atomic mass is 16.2. The number of hydrogen-bond donors (Lipinski definition) is 3. The Bertz CT molecular complexity index is 1640. The molecule has 0 aliphatic carbocycles. The number of hydrogen-bond acceptors (Lipinski definition) is 4. The summed E-state index contributed by atoms with van der Waals surface area (Å²) in [6.45, 7) is 4.15. The van der Waals surface area contributed by atoms with Gasteiger partial charge in [-0.3, -0.25) is 10.2 Å². The minimum Gasteiger partial charge on any atom is -0.384 e. The molecule has 0 bridgehead atoms. The standard InChI is InChI=1S/C34H36N6O/c1-24-7-9-27(10-8-24)23-40-31-17-16-29(34(41)39(20-19-35)22-26-5-3-2-4-6-26)21-30(31)38-32(40)18-13-25-11-14-28(15-12-25)33(36)37/h2-12,14-17,21H,13,18-20,22-23,35H2,1H3,(H3,36,37). The van der Waals surface area contributed by atoms with Crippen LogP contribution in [0.2, 0.25) is 0 Å². The minimum absolute atomic E-state index is 0.0543. The molecule has 4 aromatic carbocycles. The van der Waals surface area contributed by atoms with Gasteiger partial charge in [-0.15, -0.1) is 0 Å². The second-order valence-corrected chi connectivity index (χ2v) is 10.4.